The summed E-state index contributed by atoms with van der Waals surface area (Å²) >= 11 is 3.29. The first-order chi connectivity index (χ1) is 14.5. The zero-order chi connectivity index (χ0) is 21.3. The van der Waals surface area contributed by atoms with Crippen molar-refractivity contribution in [2.45, 2.75) is 39.8 Å². The van der Waals surface area contributed by atoms with Crippen LogP contribution in [0.2, 0.25) is 0 Å². The second-order valence-electron chi connectivity index (χ2n) is 7.32. The molecule has 0 N–H and O–H groups in total. The number of nitrogens with zero attached hydrogens (tertiary/aromatic N) is 2. The van der Waals surface area contributed by atoms with Gasteiger partial charge in [-0.3, -0.25) is 9.59 Å². The predicted octanol–water partition coefficient (Wildman–Crippen LogP) is 5.13. The van der Waals surface area contributed by atoms with Crippen molar-refractivity contribution in [3.63, 3.8) is 0 Å². The molecule has 0 spiro atoms. The highest BCUT2D eigenvalue weighted by molar-refractivity contribution is 7.11. The summed E-state index contributed by atoms with van der Waals surface area (Å²) in [6.07, 6.45) is 1.18. The molecule has 4 nitrogen and oxygen atoms in total. The van der Waals surface area contributed by atoms with E-state index in [4.69, 9.17) is 0 Å². The van der Waals surface area contributed by atoms with Crippen molar-refractivity contribution >= 4 is 34.5 Å². The van der Waals surface area contributed by atoms with Gasteiger partial charge in [-0.1, -0.05) is 43.3 Å². The third kappa shape index (κ3) is 6.54. The van der Waals surface area contributed by atoms with Gasteiger partial charge >= 0.3 is 0 Å². The lowest BCUT2D eigenvalue weighted by Crippen LogP contribution is -2.43. The van der Waals surface area contributed by atoms with Gasteiger partial charge in [0, 0.05) is 27.7 Å². The van der Waals surface area contributed by atoms with E-state index in [-0.39, 0.29) is 18.4 Å². The SMILES string of the molecule is CCCN(CC(=O)N(Cc1ccccc1)Cc1ccc(C)s1)C(=O)Cc1cccs1. The number of amides is 2. The normalized spacial score (nSPS) is 10.7. The molecule has 30 heavy (non-hydrogen) atoms. The molecule has 1 aromatic carbocycles. The summed E-state index contributed by atoms with van der Waals surface area (Å²) in [7, 11) is 0. The topological polar surface area (TPSA) is 40.6 Å². The summed E-state index contributed by atoms with van der Waals surface area (Å²) in [6, 6.07) is 18.1. The summed E-state index contributed by atoms with van der Waals surface area (Å²) in [4.78, 5) is 33.1. The van der Waals surface area contributed by atoms with Gasteiger partial charge in [0.2, 0.25) is 11.8 Å². The van der Waals surface area contributed by atoms with Crippen LogP contribution < -0.4 is 0 Å². The van der Waals surface area contributed by atoms with Crippen molar-refractivity contribution in [1.29, 1.82) is 0 Å². The van der Waals surface area contributed by atoms with Gasteiger partial charge in [0.25, 0.3) is 0 Å². The minimum absolute atomic E-state index is 0.0132. The third-order valence-corrected chi connectivity index (χ3v) is 6.65. The minimum Gasteiger partial charge on any atom is -0.333 e. The molecular weight excluding hydrogens is 412 g/mol. The quantitative estimate of drug-likeness (QED) is 0.439. The predicted molar refractivity (Wildman–Crippen MR) is 125 cm³/mol. The standard InChI is InChI=1S/C24H28N2O2S2/c1-3-13-25(23(27)15-21-10-7-14-29-21)18-24(28)26(16-20-8-5-4-6-9-20)17-22-12-11-19(2)30-22/h4-12,14H,3,13,15-18H2,1-2H3. The first-order valence-electron chi connectivity index (χ1n) is 10.2. The van der Waals surface area contributed by atoms with Gasteiger partial charge in [-0.2, -0.15) is 0 Å². The van der Waals surface area contributed by atoms with Crippen LogP contribution in [0.1, 0.15) is 33.5 Å². The molecule has 0 atom stereocenters. The van der Waals surface area contributed by atoms with Crippen LogP contribution >= 0.6 is 22.7 Å². The Morgan fingerprint density at radius 3 is 2.30 bits per heavy atom. The molecule has 2 aromatic heterocycles. The molecule has 0 bridgehead atoms. The largest absolute Gasteiger partial charge is 0.333 e. The zero-order valence-electron chi connectivity index (χ0n) is 17.5. The van der Waals surface area contributed by atoms with E-state index in [0.29, 0.717) is 26.1 Å². The average Bonchev–Trinajstić information content (AvgIpc) is 3.39. The summed E-state index contributed by atoms with van der Waals surface area (Å²) in [5.74, 6) is -0.00263. The maximum atomic E-state index is 13.3. The van der Waals surface area contributed by atoms with Crippen molar-refractivity contribution in [3.8, 4) is 0 Å². The van der Waals surface area contributed by atoms with Crippen LogP contribution in [0, 0.1) is 6.92 Å². The van der Waals surface area contributed by atoms with Crippen LogP contribution in [0.25, 0.3) is 0 Å². The van der Waals surface area contributed by atoms with E-state index in [1.54, 1.807) is 27.6 Å². The Bertz CT molecular complexity index is 935. The molecule has 2 heterocycles. The molecule has 0 saturated carbocycles. The lowest BCUT2D eigenvalue weighted by Gasteiger charge is -2.27. The van der Waals surface area contributed by atoms with E-state index in [1.165, 1.54) is 4.88 Å². The molecule has 6 heteroatoms. The number of carbonyl (C=O) groups is 2. The van der Waals surface area contributed by atoms with Crippen molar-refractivity contribution < 1.29 is 9.59 Å². The van der Waals surface area contributed by atoms with Crippen LogP contribution in [-0.4, -0.2) is 34.7 Å². The maximum absolute atomic E-state index is 13.3. The highest BCUT2D eigenvalue weighted by atomic mass is 32.1. The molecule has 0 aliphatic rings. The van der Waals surface area contributed by atoms with Crippen LogP contribution in [0.3, 0.4) is 0 Å². The smallest absolute Gasteiger partial charge is 0.242 e. The Morgan fingerprint density at radius 1 is 0.867 bits per heavy atom. The number of benzene rings is 1. The lowest BCUT2D eigenvalue weighted by molar-refractivity contribution is -0.140. The first-order valence-corrected chi connectivity index (χ1v) is 11.9. The van der Waals surface area contributed by atoms with Gasteiger partial charge in [0.15, 0.2) is 0 Å². The third-order valence-electron chi connectivity index (χ3n) is 4.79. The van der Waals surface area contributed by atoms with Crippen molar-refractivity contribution in [3.05, 3.63) is 80.2 Å². The lowest BCUT2D eigenvalue weighted by atomic mass is 10.2. The van der Waals surface area contributed by atoms with Crippen molar-refractivity contribution in [1.82, 2.24) is 9.80 Å². The molecule has 3 rings (SSSR count). The highest BCUT2D eigenvalue weighted by Gasteiger charge is 2.22. The number of thiophene rings is 2. The van der Waals surface area contributed by atoms with Crippen LogP contribution in [0.4, 0.5) is 0 Å². The number of hydrogen-bond donors (Lipinski definition) is 0. The van der Waals surface area contributed by atoms with E-state index < -0.39 is 0 Å². The van der Waals surface area contributed by atoms with Crippen LogP contribution in [0.5, 0.6) is 0 Å². The monoisotopic (exact) mass is 440 g/mol. The van der Waals surface area contributed by atoms with Gasteiger partial charge in [-0.05, 0) is 42.5 Å². The maximum Gasteiger partial charge on any atom is 0.242 e. The van der Waals surface area contributed by atoms with E-state index in [2.05, 4.69) is 19.1 Å². The fourth-order valence-corrected chi connectivity index (χ4v) is 4.90. The van der Waals surface area contributed by atoms with Crippen molar-refractivity contribution in [2.24, 2.45) is 0 Å². The number of aryl methyl sites for hydroxylation is 1. The molecule has 0 aliphatic carbocycles. The van der Waals surface area contributed by atoms with E-state index in [1.807, 2.05) is 59.7 Å². The van der Waals surface area contributed by atoms with Gasteiger partial charge in [-0.25, -0.2) is 0 Å². The number of carbonyl (C=O) groups excluding carboxylic acids is 2. The molecule has 2 amide bonds. The zero-order valence-corrected chi connectivity index (χ0v) is 19.2. The molecule has 0 aliphatic heterocycles. The summed E-state index contributed by atoms with van der Waals surface area (Å²) in [6.45, 7) is 5.92. The molecule has 3 aromatic rings. The fraction of sp³-hybridized carbons (Fsp3) is 0.333. The summed E-state index contributed by atoms with van der Waals surface area (Å²) in [5.41, 5.74) is 1.09. The van der Waals surface area contributed by atoms with Crippen LogP contribution in [0.15, 0.2) is 60.0 Å². The summed E-state index contributed by atoms with van der Waals surface area (Å²) < 4.78 is 0. The van der Waals surface area contributed by atoms with Gasteiger partial charge in [-0.15, -0.1) is 22.7 Å². The minimum atomic E-state index is -0.0158. The Kier molecular flexibility index (Phi) is 8.22. The summed E-state index contributed by atoms with van der Waals surface area (Å²) in [5, 5.41) is 1.97. The Balaban J connectivity index is 1.72. The van der Waals surface area contributed by atoms with Gasteiger partial charge < -0.3 is 9.80 Å². The second kappa shape index (κ2) is 11.1. The number of rotatable bonds is 10. The number of hydrogen-bond acceptors (Lipinski definition) is 4. The molecule has 0 radical (unpaired) electrons. The van der Waals surface area contributed by atoms with E-state index in [9.17, 15) is 9.59 Å². The molecule has 158 valence electrons. The fourth-order valence-electron chi connectivity index (χ4n) is 3.29. The molecular formula is C24H28N2O2S2. The van der Waals surface area contributed by atoms with Gasteiger partial charge in [0.1, 0.15) is 0 Å². The Hall–Kier alpha value is -2.44. The van der Waals surface area contributed by atoms with Crippen LogP contribution in [-0.2, 0) is 29.1 Å². The van der Waals surface area contributed by atoms with E-state index >= 15 is 0 Å². The van der Waals surface area contributed by atoms with Crippen molar-refractivity contribution in [2.75, 3.05) is 13.1 Å². The van der Waals surface area contributed by atoms with E-state index in [0.717, 1.165) is 21.7 Å². The molecule has 0 saturated heterocycles. The average molecular weight is 441 g/mol. The second-order valence-corrected chi connectivity index (χ2v) is 9.72. The first kappa shape index (κ1) is 22.2. The Labute approximate surface area is 186 Å². The highest BCUT2D eigenvalue weighted by Crippen LogP contribution is 2.19. The molecule has 0 fully saturated rings. The van der Waals surface area contributed by atoms with Gasteiger partial charge in [0.05, 0.1) is 19.5 Å². The molecule has 0 unspecified atom stereocenters. The Morgan fingerprint density at radius 2 is 1.67 bits per heavy atom.